The second-order valence-corrected chi connectivity index (χ2v) is 4.43. The summed E-state index contributed by atoms with van der Waals surface area (Å²) in [5.41, 5.74) is 0. The lowest BCUT2D eigenvalue weighted by molar-refractivity contribution is -0.123. The van der Waals surface area contributed by atoms with Gasteiger partial charge >= 0.3 is 0 Å². The molecule has 0 saturated carbocycles. The number of hydrogen-bond acceptors (Lipinski definition) is 3. The minimum absolute atomic E-state index is 0.215. The Bertz CT molecular complexity index is 281. The molecule has 0 amide bonds. The van der Waals surface area contributed by atoms with Crippen LogP contribution in [-0.2, 0) is 11.2 Å². The highest BCUT2D eigenvalue weighted by Gasteiger charge is 2.21. The third kappa shape index (κ3) is 2.17. The van der Waals surface area contributed by atoms with E-state index in [1.165, 1.54) is 4.88 Å². The van der Waals surface area contributed by atoms with Crippen LogP contribution in [0.5, 0.6) is 0 Å². The molecule has 0 bridgehead atoms. The molecule has 13 heavy (non-hydrogen) atoms. The zero-order valence-corrected chi connectivity index (χ0v) is 8.27. The Morgan fingerprint density at radius 2 is 2.54 bits per heavy atom. The minimum atomic E-state index is 0.215. The Hall–Kier alpha value is -0.670. The highest BCUT2D eigenvalue weighted by atomic mass is 32.1. The standard InChI is InChI=1S/C10H13NOS/c12-10-3-4-11-7-8(10)6-9-2-1-5-13-9/h1-2,5,8,11H,3-4,6-7H2. The third-order valence-corrected chi connectivity index (χ3v) is 3.32. The highest BCUT2D eigenvalue weighted by Crippen LogP contribution is 2.17. The first-order chi connectivity index (χ1) is 6.36. The Morgan fingerprint density at radius 1 is 1.62 bits per heavy atom. The number of carbonyl (C=O) groups is 1. The van der Waals surface area contributed by atoms with Gasteiger partial charge in [0.25, 0.3) is 0 Å². The van der Waals surface area contributed by atoms with E-state index in [2.05, 4.69) is 16.8 Å². The summed E-state index contributed by atoms with van der Waals surface area (Å²) in [6.07, 6.45) is 1.62. The highest BCUT2D eigenvalue weighted by molar-refractivity contribution is 7.09. The molecule has 1 fully saturated rings. The fourth-order valence-electron chi connectivity index (χ4n) is 1.66. The molecule has 1 N–H and O–H groups in total. The molecule has 3 heteroatoms. The lowest BCUT2D eigenvalue weighted by Gasteiger charge is -2.20. The maximum absolute atomic E-state index is 11.5. The summed E-state index contributed by atoms with van der Waals surface area (Å²) in [7, 11) is 0. The van der Waals surface area contributed by atoms with Crippen LogP contribution in [0.25, 0.3) is 0 Å². The van der Waals surface area contributed by atoms with Gasteiger partial charge < -0.3 is 5.32 Å². The van der Waals surface area contributed by atoms with Crippen molar-refractivity contribution in [2.45, 2.75) is 12.8 Å². The normalized spacial score (nSPS) is 23.4. The fraction of sp³-hybridized carbons (Fsp3) is 0.500. The largest absolute Gasteiger partial charge is 0.316 e. The van der Waals surface area contributed by atoms with Crippen molar-refractivity contribution in [3.05, 3.63) is 22.4 Å². The molecule has 1 unspecified atom stereocenters. The molecule has 1 atom stereocenters. The minimum Gasteiger partial charge on any atom is -0.316 e. The van der Waals surface area contributed by atoms with Gasteiger partial charge in [0.15, 0.2) is 0 Å². The molecule has 1 aromatic rings. The molecule has 2 nitrogen and oxygen atoms in total. The van der Waals surface area contributed by atoms with Crippen molar-refractivity contribution in [1.82, 2.24) is 5.32 Å². The first-order valence-corrected chi connectivity index (χ1v) is 5.50. The summed E-state index contributed by atoms with van der Waals surface area (Å²) >= 11 is 1.74. The predicted octanol–water partition coefficient (Wildman–Crippen LogP) is 1.47. The van der Waals surface area contributed by atoms with Gasteiger partial charge in [-0.15, -0.1) is 11.3 Å². The van der Waals surface area contributed by atoms with Gasteiger partial charge in [-0.05, 0) is 17.9 Å². The van der Waals surface area contributed by atoms with Gasteiger partial charge in [-0.2, -0.15) is 0 Å². The fourth-order valence-corrected chi connectivity index (χ4v) is 2.45. The van der Waals surface area contributed by atoms with E-state index in [1.807, 2.05) is 6.07 Å². The quantitative estimate of drug-likeness (QED) is 0.774. The lowest BCUT2D eigenvalue weighted by atomic mass is 9.94. The van der Waals surface area contributed by atoms with E-state index >= 15 is 0 Å². The van der Waals surface area contributed by atoms with Crippen molar-refractivity contribution in [2.75, 3.05) is 13.1 Å². The number of Topliss-reactive ketones (excluding diaryl/α,β-unsaturated/α-hetero) is 1. The third-order valence-electron chi connectivity index (χ3n) is 2.42. The van der Waals surface area contributed by atoms with Gasteiger partial charge in [0.1, 0.15) is 5.78 Å². The first kappa shape index (κ1) is 8.91. The average molecular weight is 195 g/mol. The van der Waals surface area contributed by atoms with Crippen molar-refractivity contribution in [1.29, 1.82) is 0 Å². The second kappa shape index (κ2) is 4.03. The first-order valence-electron chi connectivity index (χ1n) is 4.62. The second-order valence-electron chi connectivity index (χ2n) is 3.40. The number of ketones is 1. The topological polar surface area (TPSA) is 29.1 Å². The van der Waals surface area contributed by atoms with E-state index in [-0.39, 0.29) is 5.92 Å². The van der Waals surface area contributed by atoms with Crippen molar-refractivity contribution in [3.8, 4) is 0 Å². The van der Waals surface area contributed by atoms with E-state index in [1.54, 1.807) is 11.3 Å². The molecule has 0 spiro atoms. The van der Waals surface area contributed by atoms with Gasteiger partial charge in [0, 0.05) is 30.3 Å². The Morgan fingerprint density at radius 3 is 3.23 bits per heavy atom. The van der Waals surface area contributed by atoms with Crippen LogP contribution in [0.4, 0.5) is 0 Å². The van der Waals surface area contributed by atoms with Crippen LogP contribution < -0.4 is 5.32 Å². The Kier molecular flexibility index (Phi) is 2.76. The van der Waals surface area contributed by atoms with E-state index in [9.17, 15) is 4.79 Å². The van der Waals surface area contributed by atoms with Crippen LogP contribution in [0.2, 0.25) is 0 Å². The number of nitrogens with one attached hydrogen (secondary N) is 1. The summed E-state index contributed by atoms with van der Waals surface area (Å²) in [6, 6.07) is 4.15. The van der Waals surface area contributed by atoms with Crippen molar-refractivity contribution < 1.29 is 4.79 Å². The molecule has 1 aliphatic heterocycles. The summed E-state index contributed by atoms with van der Waals surface area (Å²) in [4.78, 5) is 12.8. The maximum Gasteiger partial charge on any atom is 0.138 e. The van der Waals surface area contributed by atoms with Crippen LogP contribution >= 0.6 is 11.3 Å². The molecular formula is C10H13NOS. The monoisotopic (exact) mass is 195 g/mol. The van der Waals surface area contributed by atoms with Crippen LogP contribution in [-0.4, -0.2) is 18.9 Å². The number of hydrogen-bond donors (Lipinski definition) is 1. The molecule has 1 aliphatic rings. The van der Waals surface area contributed by atoms with Crippen molar-refractivity contribution in [3.63, 3.8) is 0 Å². The number of rotatable bonds is 2. The summed E-state index contributed by atoms with van der Waals surface area (Å²) < 4.78 is 0. The molecule has 1 saturated heterocycles. The van der Waals surface area contributed by atoms with Gasteiger partial charge in [0.05, 0.1) is 0 Å². The molecule has 0 aromatic carbocycles. The molecule has 2 rings (SSSR count). The van der Waals surface area contributed by atoms with E-state index in [0.717, 1.165) is 19.5 Å². The van der Waals surface area contributed by atoms with Gasteiger partial charge in [-0.25, -0.2) is 0 Å². The number of thiophene rings is 1. The molecule has 0 aliphatic carbocycles. The molecule has 1 aromatic heterocycles. The van der Waals surface area contributed by atoms with Gasteiger partial charge in [0.2, 0.25) is 0 Å². The molecule has 0 radical (unpaired) electrons. The number of piperidine rings is 1. The van der Waals surface area contributed by atoms with Gasteiger partial charge in [-0.3, -0.25) is 4.79 Å². The average Bonchev–Trinajstić information content (AvgIpc) is 2.61. The summed E-state index contributed by atoms with van der Waals surface area (Å²) in [5.74, 6) is 0.638. The Labute approximate surface area is 82.0 Å². The van der Waals surface area contributed by atoms with E-state index in [0.29, 0.717) is 12.2 Å². The zero-order chi connectivity index (χ0) is 9.10. The van der Waals surface area contributed by atoms with Crippen LogP contribution in [0.1, 0.15) is 11.3 Å². The Balaban J connectivity index is 1.97. The maximum atomic E-state index is 11.5. The predicted molar refractivity (Wildman–Crippen MR) is 54.0 cm³/mol. The lowest BCUT2D eigenvalue weighted by Crippen LogP contribution is -2.37. The van der Waals surface area contributed by atoms with E-state index in [4.69, 9.17) is 0 Å². The SMILES string of the molecule is O=C1CCNCC1Cc1cccs1. The van der Waals surface area contributed by atoms with Crippen molar-refractivity contribution in [2.24, 2.45) is 5.92 Å². The smallest absolute Gasteiger partial charge is 0.138 e. The number of carbonyl (C=O) groups excluding carboxylic acids is 1. The van der Waals surface area contributed by atoms with Gasteiger partial charge in [-0.1, -0.05) is 6.07 Å². The summed E-state index contributed by atoms with van der Waals surface area (Å²) in [6.45, 7) is 1.72. The molecule has 2 heterocycles. The zero-order valence-electron chi connectivity index (χ0n) is 7.45. The molecule has 70 valence electrons. The summed E-state index contributed by atoms with van der Waals surface area (Å²) in [5, 5.41) is 5.33. The van der Waals surface area contributed by atoms with Crippen LogP contribution in [0.15, 0.2) is 17.5 Å². The molecular weight excluding hydrogens is 182 g/mol. The van der Waals surface area contributed by atoms with Crippen LogP contribution in [0.3, 0.4) is 0 Å². The van der Waals surface area contributed by atoms with Crippen LogP contribution in [0, 0.1) is 5.92 Å². The van der Waals surface area contributed by atoms with Crippen molar-refractivity contribution >= 4 is 17.1 Å². The van der Waals surface area contributed by atoms with E-state index < -0.39 is 0 Å².